The van der Waals surface area contributed by atoms with Gasteiger partial charge < -0.3 is 10.6 Å². The Hall–Kier alpha value is -0.920. The number of hydrogen-bond donors (Lipinski definition) is 2. The van der Waals surface area contributed by atoms with Crippen LogP contribution in [0.5, 0.6) is 0 Å². The highest BCUT2D eigenvalue weighted by Gasteiger charge is 1.70. The van der Waals surface area contributed by atoms with Crippen LogP contribution in [0.1, 0.15) is 0 Å². The zero-order chi connectivity index (χ0) is 5.98. The van der Waals surface area contributed by atoms with Gasteiger partial charge in [0.05, 0.1) is 0 Å². The highest BCUT2D eigenvalue weighted by atomic mass is 14.9. The summed E-state index contributed by atoms with van der Waals surface area (Å²) in [6.07, 6.45) is 5.92. The van der Waals surface area contributed by atoms with E-state index in [-0.39, 0.29) is 0 Å². The van der Waals surface area contributed by atoms with E-state index < -0.39 is 0 Å². The molecule has 0 saturated heterocycles. The van der Waals surface area contributed by atoms with E-state index in [1.807, 2.05) is 0 Å². The summed E-state index contributed by atoms with van der Waals surface area (Å²) in [4.78, 5) is 0. The molecule has 0 fully saturated rings. The molecule has 0 spiro atoms. The second-order valence-electron chi connectivity index (χ2n) is 0.894. The van der Waals surface area contributed by atoms with Crippen molar-refractivity contribution >= 4 is 0 Å². The highest BCUT2D eigenvalue weighted by Crippen LogP contribution is 1.70. The maximum absolute atomic E-state index is 6.91. The van der Waals surface area contributed by atoms with Crippen molar-refractivity contribution in [3.63, 3.8) is 0 Å². The van der Waals surface area contributed by atoms with E-state index in [2.05, 4.69) is 0 Å². The van der Waals surface area contributed by atoms with Crippen LogP contribution in [-0.2, 0) is 0 Å². The van der Waals surface area contributed by atoms with Gasteiger partial charge in [0.15, 0.2) is 2.82 Å². The second kappa shape index (κ2) is 1.50. The molecule has 0 atom stereocenters. The van der Waals surface area contributed by atoms with Crippen molar-refractivity contribution in [1.29, 1.82) is 0 Å². The predicted molar refractivity (Wildman–Crippen MR) is 24.6 cm³/mol. The lowest BCUT2D eigenvalue weighted by Gasteiger charge is -1.95. The summed E-state index contributed by atoms with van der Waals surface area (Å²) in [5.74, 6) is 0. The van der Waals surface area contributed by atoms with Gasteiger partial charge in [0.25, 0.3) is 0 Å². The first-order chi connectivity index (χ1) is 3.79. The van der Waals surface area contributed by atoms with E-state index in [0.717, 1.165) is 10.6 Å². The van der Waals surface area contributed by atoms with Crippen LogP contribution in [0.25, 0.3) is 0 Å². The number of nitrogens with one attached hydrogen (secondary N) is 2. The molecule has 1 aliphatic rings. The van der Waals surface area contributed by atoms with Gasteiger partial charge in [0.1, 0.15) is 0 Å². The first-order valence-electron chi connectivity index (χ1n) is 2.59. The molecular formula is C4H6N2. The Morgan fingerprint density at radius 1 is 1.00 bits per heavy atom. The minimum atomic E-state index is 1.13. The van der Waals surface area contributed by atoms with E-state index >= 15 is 0 Å². The van der Waals surface area contributed by atoms with E-state index in [0.29, 0.717) is 0 Å². The largest absolute Gasteiger partial charge is 0.365 e. The van der Waals surface area contributed by atoms with Crippen LogP contribution in [0.15, 0.2) is 24.8 Å². The second-order valence-corrected chi connectivity index (χ2v) is 0.894. The van der Waals surface area contributed by atoms with Crippen LogP contribution in [0.2, 0.25) is 2.82 Å². The molecule has 2 heteroatoms. The summed E-state index contributed by atoms with van der Waals surface area (Å²) in [5, 5.41) is 2.26. The normalized spacial score (nSPS) is 24.0. The third kappa shape index (κ3) is 0.516. The van der Waals surface area contributed by atoms with E-state index in [1.54, 1.807) is 0 Å². The van der Waals surface area contributed by atoms with Gasteiger partial charge in [-0.05, 0) is 0 Å². The van der Waals surface area contributed by atoms with Crippen molar-refractivity contribution in [2.24, 2.45) is 0 Å². The summed E-state index contributed by atoms with van der Waals surface area (Å²) in [6, 6.07) is 0. The van der Waals surface area contributed by atoms with Gasteiger partial charge in [0, 0.05) is 24.8 Å². The van der Waals surface area contributed by atoms with Crippen LogP contribution in [0, 0.1) is 0 Å². The Balaban J connectivity index is 2.54. The molecule has 1 aliphatic heterocycles. The molecule has 0 radical (unpaired) electrons. The molecule has 0 aromatic carbocycles. The summed E-state index contributed by atoms with van der Waals surface area (Å²) < 4.78 is 13.8. The average Bonchev–Trinajstić information content (AvgIpc) is 1.77. The number of hydrogen-bond acceptors (Lipinski definition) is 2. The zero-order valence-corrected chi connectivity index (χ0v) is 3.20. The quantitative estimate of drug-likeness (QED) is 0.435. The van der Waals surface area contributed by atoms with Crippen LogP contribution in [-0.4, -0.2) is 0 Å². The minimum Gasteiger partial charge on any atom is -0.365 e. The van der Waals surface area contributed by atoms with Gasteiger partial charge in [-0.15, -0.1) is 0 Å². The molecule has 1 rings (SSSR count). The smallest absolute Gasteiger partial charge is 0.165 e. The van der Waals surface area contributed by atoms with E-state index in [9.17, 15) is 0 Å². The lowest BCUT2D eigenvalue weighted by atomic mass is 10.7. The van der Waals surface area contributed by atoms with E-state index in [4.69, 9.17) is 2.82 Å². The summed E-state index contributed by atoms with van der Waals surface area (Å²) >= 11 is 0. The van der Waals surface area contributed by atoms with Gasteiger partial charge in [-0.3, -0.25) is 0 Å². The van der Waals surface area contributed by atoms with Crippen molar-refractivity contribution in [2.45, 2.75) is 0 Å². The fourth-order valence-corrected chi connectivity index (χ4v) is 0.253. The summed E-state index contributed by atoms with van der Waals surface area (Å²) in [6.45, 7) is 0. The maximum atomic E-state index is 6.91. The summed E-state index contributed by atoms with van der Waals surface area (Å²) in [5.41, 5.74) is 0. The molecular weight excluding hydrogens is 76.1 g/mol. The lowest BCUT2D eigenvalue weighted by Crippen LogP contribution is -2.05. The molecule has 32 valence electrons. The molecule has 2 nitrogen and oxygen atoms in total. The van der Waals surface area contributed by atoms with Crippen molar-refractivity contribution in [2.75, 3.05) is 0 Å². The molecule has 2 N–H and O–H groups in total. The number of rotatable bonds is 0. The SMILES string of the molecule is [2H]N1C=CN([2H])C=C1. The van der Waals surface area contributed by atoms with Gasteiger partial charge in [-0.1, -0.05) is 0 Å². The van der Waals surface area contributed by atoms with Crippen LogP contribution < -0.4 is 10.6 Å². The summed E-state index contributed by atoms with van der Waals surface area (Å²) in [7, 11) is 0. The molecule has 0 aromatic rings. The van der Waals surface area contributed by atoms with Gasteiger partial charge in [-0.2, -0.15) is 0 Å². The monoisotopic (exact) mass is 84.1 g/mol. The maximum Gasteiger partial charge on any atom is 0.165 e. The first kappa shape index (κ1) is 1.69. The Labute approximate surface area is 39.5 Å². The van der Waals surface area contributed by atoms with Crippen LogP contribution in [0.4, 0.5) is 0 Å². The highest BCUT2D eigenvalue weighted by molar-refractivity contribution is 4.95. The zero-order valence-electron chi connectivity index (χ0n) is 5.20. The van der Waals surface area contributed by atoms with Gasteiger partial charge in [0.2, 0.25) is 0 Å². The molecule has 0 unspecified atom stereocenters. The third-order valence-corrected chi connectivity index (χ3v) is 0.478. The third-order valence-electron chi connectivity index (χ3n) is 0.478. The molecule has 0 amide bonds. The van der Waals surface area contributed by atoms with E-state index in [1.165, 1.54) is 24.8 Å². The average molecular weight is 84.1 g/mol. The molecule has 0 saturated carbocycles. The van der Waals surface area contributed by atoms with Crippen molar-refractivity contribution < 1.29 is 2.82 Å². The first-order valence-corrected chi connectivity index (χ1v) is 1.70. The fraction of sp³-hybridized carbons (Fsp3) is 0. The molecule has 0 bridgehead atoms. The Morgan fingerprint density at radius 2 is 1.33 bits per heavy atom. The predicted octanol–water partition coefficient (Wildman–Crippen LogP) is 0.122. The van der Waals surface area contributed by atoms with Crippen molar-refractivity contribution in [3.8, 4) is 0 Å². The van der Waals surface area contributed by atoms with Crippen LogP contribution >= 0.6 is 0 Å². The molecule has 0 aromatic heterocycles. The van der Waals surface area contributed by atoms with Crippen LogP contribution in [0.3, 0.4) is 0 Å². The Kier molecular flexibility index (Phi) is 0.422. The lowest BCUT2D eigenvalue weighted by molar-refractivity contribution is 1.04. The van der Waals surface area contributed by atoms with Crippen molar-refractivity contribution in [3.05, 3.63) is 24.8 Å². The fourth-order valence-electron chi connectivity index (χ4n) is 0.253. The molecule has 6 heavy (non-hydrogen) atoms. The minimum absolute atomic E-state index is 1.13. The Bertz CT molecular complexity index is 104. The van der Waals surface area contributed by atoms with Gasteiger partial charge >= 0.3 is 0 Å². The van der Waals surface area contributed by atoms with Gasteiger partial charge in [-0.25, -0.2) is 0 Å². The molecule has 0 aliphatic carbocycles. The molecule has 1 heterocycles. The topological polar surface area (TPSA) is 24.1 Å². The van der Waals surface area contributed by atoms with Crippen molar-refractivity contribution in [1.82, 2.24) is 10.6 Å². The standard InChI is InChI=1S/C4H6N2/c1-2-6-4-3-5-1/h1-6H/i/hD2. The Morgan fingerprint density at radius 3 is 1.67 bits per heavy atom.